The standard InChI is InChI=1S/C61H54BN3O/c1-39-34-41(40-20-10-7-11-21-40)28-30-51(39)65-52-31-29-47-46-26-16-17-27-54(46)66-58(47)55(52)48-37-45(63(43-22-12-8-13-23-43)44-24-14-9-15-25-44)38-53-56(48)62(65)50-36-42(59(2,3)4)35-49-57(50)64(53)61(6)33-19-18-32-60(49,61)5/h7-17,20-31,34-38H,18-19,32-33H2,1-6H3. The molecule has 3 aliphatic heterocycles. The van der Waals surface area contributed by atoms with E-state index in [1.54, 1.807) is 0 Å². The molecule has 1 aromatic heterocycles. The van der Waals surface area contributed by atoms with E-state index < -0.39 is 0 Å². The minimum absolute atomic E-state index is 0.0513. The van der Waals surface area contributed by atoms with Gasteiger partial charge in [-0.1, -0.05) is 144 Å². The topological polar surface area (TPSA) is 22.9 Å². The summed E-state index contributed by atoms with van der Waals surface area (Å²) >= 11 is 0. The van der Waals surface area contributed by atoms with E-state index in [-0.39, 0.29) is 23.2 Å². The minimum Gasteiger partial charge on any atom is -0.455 e. The zero-order chi connectivity index (χ0) is 44.7. The molecule has 9 aromatic rings. The van der Waals surface area contributed by atoms with Gasteiger partial charge in [0, 0.05) is 61.6 Å². The van der Waals surface area contributed by atoms with Crippen molar-refractivity contribution in [3.63, 3.8) is 0 Å². The van der Waals surface area contributed by atoms with Gasteiger partial charge in [-0.15, -0.1) is 0 Å². The van der Waals surface area contributed by atoms with Crippen LogP contribution in [0.25, 0.3) is 44.2 Å². The van der Waals surface area contributed by atoms with Crippen molar-refractivity contribution in [2.24, 2.45) is 0 Å². The second kappa shape index (κ2) is 14.0. The van der Waals surface area contributed by atoms with Crippen LogP contribution < -0.4 is 25.5 Å². The molecular formula is C61H54BN3O. The molecule has 4 heterocycles. The van der Waals surface area contributed by atoms with Crippen molar-refractivity contribution < 1.29 is 4.42 Å². The zero-order valence-corrected chi connectivity index (χ0v) is 38.8. The lowest BCUT2D eigenvalue weighted by atomic mass is 9.43. The van der Waals surface area contributed by atoms with Crippen LogP contribution in [0.4, 0.5) is 39.8 Å². The van der Waals surface area contributed by atoms with Crippen LogP contribution in [0.15, 0.2) is 174 Å². The molecule has 1 aliphatic carbocycles. The average molecular weight is 856 g/mol. The number of aryl methyl sites for hydroxylation is 1. The summed E-state index contributed by atoms with van der Waals surface area (Å²) in [6, 6.07) is 63.3. The lowest BCUT2D eigenvalue weighted by Gasteiger charge is -2.53. The first-order chi connectivity index (χ1) is 32.0. The predicted molar refractivity (Wildman–Crippen MR) is 279 cm³/mol. The second-order valence-electron chi connectivity index (χ2n) is 20.9. The summed E-state index contributed by atoms with van der Waals surface area (Å²) in [4.78, 5) is 8.03. The van der Waals surface area contributed by atoms with E-state index in [2.05, 4.69) is 226 Å². The van der Waals surface area contributed by atoms with E-state index in [9.17, 15) is 0 Å². The number of anilines is 7. The molecule has 0 bridgehead atoms. The van der Waals surface area contributed by atoms with Crippen LogP contribution in [-0.2, 0) is 10.8 Å². The van der Waals surface area contributed by atoms with Crippen molar-refractivity contribution in [2.75, 3.05) is 14.6 Å². The van der Waals surface area contributed by atoms with E-state index in [1.807, 2.05) is 0 Å². The SMILES string of the molecule is Cc1cc(-c2ccccc2)ccc1N1B2c3cc(C(C)(C)C)cc4c3N(c3cc(N(c5ccccc5)c5ccccc5)cc(c32)-c2c1ccc1c2oc2ccccc21)C1(C)CCCCC41C. The van der Waals surface area contributed by atoms with Crippen LogP contribution in [0.5, 0.6) is 0 Å². The molecule has 4 aliphatic rings. The average Bonchev–Trinajstić information content (AvgIpc) is 3.81. The molecule has 0 spiro atoms. The number of fused-ring (bicyclic) bond motifs is 11. The Morgan fingerprint density at radius 1 is 0.606 bits per heavy atom. The first kappa shape index (κ1) is 39.4. The molecule has 2 unspecified atom stereocenters. The van der Waals surface area contributed by atoms with Crippen LogP contribution in [-0.4, -0.2) is 12.4 Å². The number of furan rings is 1. The number of hydrogen-bond acceptors (Lipinski definition) is 4. The van der Waals surface area contributed by atoms with Crippen molar-refractivity contribution in [1.29, 1.82) is 0 Å². The van der Waals surface area contributed by atoms with Gasteiger partial charge in [0.15, 0.2) is 0 Å². The summed E-state index contributed by atoms with van der Waals surface area (Å²) < 4.78 is 7.16. The molecule has 13 rings (SSSR count). The fraction of sp³-hybridized carbons (Fsp3) is 0.213. The maximum absolute atomic E-state index is 7.16. The molecule has 5 heteroatoms. The zero-order valence-electron chi connectivity index (χ0n) is 38.8. The highest BCUT2D eigenvalue weighted by Crippen LogP contribution is 2.63. The number of para-hydroxylation sites is 3. The van der Waals surface area contributed by atoms with Gasteiger partial charge in [-0.3, -0.25) is 0 Å². The highest BCUT2D eigenvalue weighted by atomic mass is 16.3. The second-order valence-corrected chi connectivity index (χ2v) is 20.9. The minimum atomic E-state index is -0.149. The van der Waals surface area contributed by atoms with Gasteiger partial charge < -0.3 is 19.0 Å². The molecule has 4 nitrogen and oxygen atoms in total. The molecule has 1 saturated carbocycles. The van der Waals surface area contributed by atoms with Crippen LogP contribution in [0.1, 0.15) is 77.0 Å². The van der Waals surface area contributed by atoms with E-state index in [0.717, 1.165) is 57.4 Å². The van der Waals surface area contributed by atoms with Gasteiger partial charge in [0.1, 0.15) is 11.2 Å². The number of nitrogens with zero attached hydrogens (tertiary/aromatic N) is 3. The summed E-state index contributed by atoms with van der Waals surface area (Å²) in [5.74, 6) is 0. The smallest absolute Gasteiger partial charge is 0.333 e. The lowest BCUT2D eigenvalue weighted by molar-refractivity contribution is 0.195. The fourth-order valence-corrected chi connectivity index (χ4v) is 12.7. The largest absolute Gasteiger partial charge is 0.455 e. The van der Waals surface area contributed by atoms with Crippen molar-refractivity contribution in [1.82, 2.24) is 0 Å². The molecule has 0 N–H and O–H groups in total. The number of rotatable bonds is 5. The van der Waals surface area contributed by atoms with Crippen molar-refractivity contribution in [2.45, 2.75) is 83.6 Å². The first-order valence-electron chi connectivity index (χ1n) is 24.0. The van der Waals surface area contributed by atoms with Crippen LogP contribution in [0, 0.1) is 6.92 Å². The van der Waals surface area contributed by atoms with Crippen LogP contribution >= 0.6 is 0 Å². The van der Waals surface area contributed by atoms with Gasteiger partial charge in [-0.05, 0) is 143 Å². The van der Waals surface area contributed by atoms with Gasteiger partial charge in [0.25, 0.3) is 0 Å². The van der Waals surface area contributed by atoms with E-state index in [1.165, 1.54) is 79.9 Å². The highest BCUT2D eigenvalue weighted by molar-refractivity contribution is 6.93. The quantitative estimate of drug-likeness (QED) is 0.161. The van der Waals surface area contributed by atoms with Crippen molar-refractivity contribution >= 4 is 79.5 Å². The van der Waals surface area contributed by atoms with Crippen LogP contribution in [0.2, 0.25) is 0 Å². The highest BCUT2D eigenvalue weighted by Gasteiger charge is 2.62. The molecule has 0 saturated heterocycles. The maximum Gasteiger partial charge on any atom is 0.333 e. The Morgan fingerprint density at radius 3 is 1.98 bits per heavy atom. The molecule has 1 fully saturated rings. The molecule has 2 atom stereocenters. The van der Waals surface area contributed by atoms with Crippen LogP contribution in [0.3, 0.4) is 0 Å². The van der Waals surface area contributed by atoms with Gasteiger partial charge >= 0.3 is 6.85 Å². The summed E-state index contributed by atoms with van der Waals surface area (Å²) in [5.41, 5.74) is 21.8. The molecule has 0 amide bonds. The summed E-state index contributed by atoms with van der Waals surface area (Å²) in [6.07, 6.45) is 4.74. The Kier molecular flexibility index (Phi) is 8.37. The third-order valence-electron chi connectivity index (χ3n) is 16.2. The molecular weight excluding hydrogens is 802 g/mol. The molecule has 0 radical (unpaired) electrons. The monoisotopic (exact) mass is 855 g/mol. The van der Waals surface area contributed by atoms with E-state index >= 15 is 0 Å². The number of benzene rings is 8. The maximum atomic E-state index is 7.16. The van der Waals surface area contributed by atoms with Gasteiger partial charge in [-0.2, -0.15) is 0 Å². The Hall–Kier alpha value is -6.98. The summed E-state index contributed by atoms with van der Waals surface area (Å²) in [7, 11) is 0. The van der Waals surface area contributed by atoms with E-state index in [4.69, 9.17) is 4.42 Å². The Balaban J connectivity index is 1.19. The van der Waals surface area contributed by atoms with Crippen molar-refractivity contribution in [3.05, 3.63) is 187 Å². The Bertz CT molecular complexity index is 3390. The van der Waals surface area contributed by atoms with Gasteiger partial charge in [0.05, 0.1) is 5.54 Å². The molecule has 66 heavy (non-hydrogen) atoms. The molecule has 8 aromatic carbocycles. The Morgan fingerprint density at radius 2 is 1.27 bits per heavy atom. The van der Waals surface area contributed by atoms with Gasteiger partial charge in [-0.25, -0.2) is 0 Å². The third kappa shape index (κ3) is 5.40. The van der Waals surface area contributed by atoms with E-state index in [0.29, 0.717) is 0 Å². The predicted octanol–water partition coefficient (Wildman–Crippen LogP) is 15.3. The lowest BCUT2D eigenvalue weighted by Crippen LogP contribution is -2.64. The normalized spacial score (nSPS) is 19.2. The van der Waals surface area contributed by atoms with Crippen molar-refractivity contribution in [3.8, 4) is 22.3 Å². The summed E-state index contributed by atoms with van der Waals surface area (Å²) in [5, 5.41) is 2.28. The fourth-order valence-electron chi connectivity index (χ4n) is 12.7. The third-order valence-corrected chi connectivity index (χ3v) is 16.2. The summed E-state index contributed by atoms with van der Waals surface area (Å²) in [6.45, 7) is 14.6. The first-order valence-corrected chi connectivity index (χ1v) is 24.0. The molecule has 322 valence electrons. The Labute approximate surface area is 389 Å². The van der Waals surface area contributed by atoms with Gasteiger partial charge in [0.2, 0.25) is 0 Å². The number of hydrogen-bond donors (Lipinski definition) is 0.